The van der Waals surface area contributed by atoms with Crippen molar-refractivity contribution in [1.29, 1.82) is 0 Å². The van der Waals surface area contributed by atoms with Gasteiger partial charge in [0.1, 0.15) is 0 Å². The number of carbonyl (C=O) groups excluding carboxylic acids is 3. The van der Waals surface area contributed by atoms with E-state index in [9.17, 15) is 19.5 Å². The van der Waals surface area contributed by atoms with Crippen LogP contribution < -0.4 is 10.4 Å². The number of esters is 1. The van der Waals surface area contributed by atoms with Gasteiger partial charge in [-0.05, 0) is 24.3 Å². The maximum absolute atomic E-state index is 12.2. The summed E-state index contributed by atoms with van der Waals surface area (Å²) < 4.78 is 4.59. The second kappa shape index (κ2) is 6.53. The number of methoxy groups -OCH3 is 1. The molecule has 0 heterocycles. The van der Waals surface area contributed by atoms with E-state index >= 15 is 0 Å². The maximum atomic E-state index is 12.2. The van der Waals surface area contributed by atoms with Gasteiger partial charge >= 0.3 is 5.97 Å². The summed E-state index contributed by atoms with van der Waals surface area (Å²) in [6.45, 7) is 0. The molecule has 0 saturated heterocycles. The van der Waals surface area contributed by atoms with Gasteiger partial charge in [0, 0.05) is 16.8 Å². The van der Waals surface area contributed by atoms with Crippen molar-refractivity contribution < 1.29 is 24.2 Å². The van der Waals surface area contributed by atoms with Crippen molar-refractivity contribution >= 4 is 23.5 Å². The van der Waals surface area contributed by atoms with Gasteiger partial charge in [0.25, 0.3) is 5.91 Å². The molecule has 0 spiro atoms. The first-order valence-corrected chi connectivity index (χ1v) is 6.33. The second-order valence-corrected chi connectivity index (χ2v) is 4.36. The van der Waals surface area contributed by atoms with Crippen molar-refractivity contribution in [2.75, 3.05) is 12.4 Å². The first kappa shape index (κ1) is 15.2. The molecule has 2 rings (SSSR count). The third kappa shape index (κ3) is 3.29. The number of carboxylic acids is 1. The number of benzene rings is 2. The minimum atomic E-state index is -1.44. The Morgan fingerprint density at radius 3 is 2.32 bits per heavy atom. The zero-order valence-electron chi connectivity index (χ0n) is 11.7. The van der Waals surface area contributed by atoms with Gasteiger partial charge in [0.2, 0.25) is 0 Å². The molecule has 0 aliphatic heterocycles. The molecule has 1 amide bonds. The predicted octanol–water partition coefficient (Wildman–Crippen LogP) is 1.09. The van der Waals surface area contributed by atoms with Gasteiger partial charge in [0.05, 0.1) is 18.6 Å². The lowest BCUT2D eigenvalue weighted by Crippen LogP contribution is -2.26. The van der Waals surface area contributed by atoms with Gasteiger partial charge in [-0.25, -0.2) is 4.79 Å². The first-order valence-electron chi connectivity index (χ1n) is 6.33. The van der Waals surface area contributed by atoms with E-state index in [2.05, 4.69) is 10.1 Å². The number of carbonyl (C=O) groups is 3. The average Bonchev–Trinajstić information content (AvgIpc) is 2.54. The Morgan fingerprint density at radius 1 is 1.00 bits per heavy atom. The lowest BCUT2D eigenvalue weighted by molar-refractivity contribution is -0.255. The SMILES string of the molecule is COC(=O)c1cccc(NC(=O)c2ccccc2C(=O)[O-])c1. The van der Waals surface area contributed by atoms with Crippen LogP contribution in [0.5, 0.6) is 0 Å². The summed E-state index contributed by atoms with van der Waals surface area (Å²) in [5.74, 6) is -2.58. The molecule has 22 heavy (non-hydrogen) atoms. The van der Waals surface area contributed by atoms with Gasteiger partial charge in [-0.1, -0.05) is 24.3 Å². The Morgan fingerprint density at radius 2 is 1.68 bits per heavy atom. The summed E-state index contributed by atoms with van der Waals surface area (Å²) in [6.07, 6.45) is 0. The molecule has 0 aliphatic carbocycles. The van der Waals surface area contributed by atoms with Gasteiger partial charge < -0.3 is 20.0 Å². The third-order valence-electron chi connectivity index (χ3n) is 2.93. The predicted molar refractivity (Wildman–Crippen MR) is 76.5 cm³/mol. The highest BCUT2D eigenvalue weighted by molar-refractivity contribution is 6.10. The zero-order valence-corrected chi connectivity index (χ0v) is 11.7. The Balaban J connectivity index is 2.26. The van der Waals surface area contributed by atoms with Gasteiger partial charge in [-0.3, -0.25) is 4.79 Å². The van der Waals surface area contributed by atoms with E-state index in [-0.39, 0.29) is 16.7 Å². The van der Waals surface area contributed by atoms with Crippen LogP contribution in [0, 0.1) is 0 Å². The molecule has 0 unspecified atom stereocenters. The highest BCUT2D eigenvalue weighted by Crippen LogP contribution is 2.15. The van der Waals surface area contributed by atoms with E-state index in [1.165, 1.54) is 37.4 Å². The second-order valence-electron chi connectivity index (χ2n) is 4.36. The lowest BCUT2D eigenvalue weighted by atomic mass is 10.1. The Hall–Kier alpha value is -3.15. The van der Waals surface area contributed by atoms with E-state index in [0.717, 1.165) is 0 Å². The van der Waals surface area contributed by atoms with Crippen LogP contribution in [0.4, 0.5) is 5.69 Å². The summed E-state index contributed by atoms with van der Waals surface area (Å²) in [5.41, 5.74) is 0.393. The van der Waals surface area contributed by atoms with E-state index < -0.39 is 17.8 Å². The van der Waals surface area contributed by atoms with Crippen molar-refractivity contribution in [3.63, 3.8) is 0 Å². The van der Waals surface area contributed by atoms with Gasteiger partial charge in [0.15, 0.2) is 0 Å². The number of hydrogen-bond donors (Lipinski definition) is 1. The largest absolute Gasteiger partial charge is 0.545 e. The average molecular weight is 298 g/mol. The highest BCUT2D eigenvalue weighted by Gasteiger charge is 2.13. The number of aromatic carboxylic acids is 1. The fraction of sp³-hybridized carbons (Fsp3) is 0.0625. The number of ether oxygens (including phenoxy) is 1. The number of rotatable bonds is 4. The molecule has 0 bridgehead atoms. The smallest absolute Gasteiger partial charge is 0.337 e. The van der Waals surface area contributed by atoms with Crippen LogP contribution in [0.25, 0.3) is 0 Å². The lowest BCUT2D eigenvalue weighted by Gasteiger charge is -2.11. The van der Waals surface area contributed by atoms with Crippen LogP contribution in [0.3, 0.4) is 0 Å². The molecule has 6 nitrogen and oxygen atoms in total. The monoisotopic (exact) mass is 298 g/mol. The van der Waals surface area contributed by atoms with Crippen molar-refractivity contribution in [3.8, 4) is 0 Å². The number of carboxylic acid groups (broad SMARTS) is 1. The van der Waals surface area contributed by atoms with Crippen LogP contribution in [-0.2, 0) is 4.74 Å². The summed E-state index contributed by atoms with van der Waals surface area (Å²) in [5, 5.41) is 13.5. The summed E-state index contributed by atoms with van der Waals surface area (Å²) >= 11 is 0. The quantitative estimate of drug-likeness (QED) is 0.852. The summed E-state index contributed by atoms with van der Waals surface area (Å²) in [7, 11) is 1.25. The maximum Gasteiger partial charge on any atom is 0.337 e. The van der Waals surface area contributed by atoms with E-state index in [1.807, 2.05) is 0 Å². The molecule has 0 aromatic heterocycles. The fourth-order valence-electron chi connectivity index (χ4n) is 1.90. The number of nitrogens with one attached hydrogen (secondary N) is 1. The topological polar surface area (TPSA) is 95.5 Å². The van der Waals surface area contributed by atoms with Gasteiger partial charge in [-0.15, -0.1) is 0 Å². The number of hydrogen-bond acceptors (Lipinski definition) is 5. The molecule has 0 fully saturated rings. The normalized spacial score (nSPS) is 9.86. The van der Waals surface area contributed by atoms with Crippen LogP contribution in [0.15, 0.2) is 48.5 Å². The van der Waals surface area contributed by atoms with E-state index in [1.54, 1.807) is 18.2 Å². The molecule has 112 valence electrons. The summed E-state index contributed by atoms with van der Waals surface area (Å²) in [6, 6.07) is 11.8. The first-order chi connectivity index (χ1) is 10.5. The zero-order chi connectivity index (χ0) is 16.1. The van der Waals surface area contributed by atoms with Crippen molar-refractivity contribution in [3.05, 3.63) is 65.2 Å². The number of anilines is 1. The minimum Gasteiger partial charge on any atom is -0.545 e. The van der Waals surface area contributed by atoms with Crippen LogP contribution >= 0.6 is 0 Å². The van der Waals surface area contributed by atoms with Crippen LogP contribution in [0.2, 0.25) is 0 Å². The molecule has 1 N–H and O–H groups in total. The molecule has 6 heteroatoms. The summed E-state index contributed by atoms with van der Waals surface area (Å²) in [4.78, 5) is 34.6. The van der Waals surface area contributed by atoms with Crippen LogP contribution in [-0.4, -0.2) is 25.0 Å². The Bertz CT molecular complexity index is 739. The molecule has 2 aromatic carbocycles. The van der Waals surface area contributed by atoms with E-state index in [0.29, 0.717) is 5.69 Å². The van der Waals surface area contributed by atoms with Crippen molar-refractivity contribution in [1.82, 2.24) is 0 Å². The van der Waals surface area contributed by atoms with Crippen molar-refractivity contribution in [2.45, 2.75) is 0 Å². The fourth-order valence-corrected chi connectivity index (χ4v) is 1.90. The Labute approximate surface area is 126 Å². The molecular weight excluding hydrogens is 286 g/mol. The van der Waals surface area contributed by atoms with E-state index in [4.69, 9.17) is 0 Å². The number of amides is 1. The molecule has 0 atom stereocenters. The standard InChI is InChI=1S/C16H13NO5/c1-22-16(21)10-5-4-6-11(9-10)17-14(18)12-7-2-3-8-13(12)15(19)20/h2-9H,1H3,(H,17,18)(H,19,20)/p-1. The minimum absolute atomic E-state index is 0.0222. The molecule has 0 radical (unpaired) electrons. The Kier molecular flexibility index (Phi) is 4.53. The molecule has 2 aromatic rings. The third-order valence-corrected chi connectivity index (χ3v) is 2.93. The highest BCUT2D eigenvalue weighted by atomic mass is 16.5. The molecule has 0 aliphatic rings. The van der Waals surface area contributed by atoms with Gasteiger partial charge in [-0.2, -0.15) is 0 Å². The molecular formula is C16H12NO5-. The van der Waals surface area contributed by atoms with Crippen LogP contribution in [0.1, 0.15) is 31.1 Å². The van der Waals surface area contributed by atoms with Crippen molar-refractivity contribution in [2.24, 2.45) is 0 Å². The molecule has 0 saturated carbocycles.